The summed E-state index contributed by atoms with van der Waals surface area (Å²) in [6, 6.07) is 0. The highest BCUT2D eigenvalue weighted by molar-refractivity contribution is 5.23. The second kappa shape index (κ2) is 7.08. The molecule has 0 aliphatic carbocycles. The van der Waals surface area contributed by atoms with Crippen LogP contribution in [0.1, 0.15) is 39.0 Å². The van der Waals surface area contributed by atoms with Crippen molar-refractivity contribution in [1.29, 1.82) is 0 Å². The number of morpholine rings is 1. The monoisotopic (exact) mass is 310 g/mol. The van der Waals surface area contributed by atoms with Gasteiger partial charge in [-0.05, 0) is 6.92 Å². The van der Waals surface area contributed by atoms with Crippen molar-refractivity contribution < 1.29 is 9.84 Å². The number of β-amino-alcohol motifs (C(OH)–C–C–N with tert-alkyl or cyclic N) is 1. The highest BCUT2D eigenvalue weighted by Crippen LogP contribution is 2.23. The van der Waals surface area contributed by atoms with Gasteiger partial charge >= 0.3 is 0 Å². The first-order valence-electron chi connectivity index (χ1n) is 8.04. The molecule has 22 heavy (non-hydrogen) atoms. The molecule has 2 heterocycles. The smallest absolute Gasteiger partial charge is 0.0869 e. The van der Waals surface area contributed by atoms with Gasteiger partial charge in [0.15, 0.2) is 0 Å². The molecule has 6 nitrogen and oxygen atoms in total. The van der Waals surface area contributed by atoms with Crippen LogP contribution in [0.5, 0.6) is 0 Å². The lowest BCUT2D eigenvalue weighted by Crippen LogP contribution is -2.50. The summed E-state index contributed by atoms with van der Waals surface area (Å²) in [4.78, 5) is 2.25. The van der Waals surface area contributed by atoms with Crippen molar-refractivity contribution in [2.24, 2.45) is 0 Å². The Balaban J connectivity index is 1.81. The minimum atomic E-state index is -0.747. The van der Waals surface area contributed by atoms with E-state index in [1.54, 1.807) is 0 Å². The topological polar surface area (TPSA) is 73.4 Å². The Morgan fingerprint density at radius 2 is 2.00 bits per heavy atom. The number of rotatable bonds is 6. The van der Waals surface area contributed by atoms with E-state index < -0.39 is 5.60 Å². The van der Waals surface area contributed by atoms with E-state index in [-0.39, 0.29) is 5.41 Å². The Bertz CT molecular complexity index is 459. The summed E-state index contributed by atoms with van der Waals surface area (Å²) in [5.74, 6) is 0. The molecule has 6 heteroatoms. The Morgan fingerprint density at radius 1 is 1.32 bits per heavy atom. The van der Waals surface area contributed by atoms with Gasteiger partial charge in [0.1, 0.15) is 0 Å². The molecule has 1 aromatic heterocycles. The van der Waals surface area contributed by atoms with Crippen molar-refractivity contribution in [2.45, 2.75) is 45.3 Å². The van der Waals surface area contributed by atoms with Gasteiger partial charge in [-0.15, -0.1) is 0 Å². The van der Waals surface area contributed by atoms with Crippen molar-refractivity contribution in [3.05, 3.63) is 17.5 Å². The van der Waals surface area contributed by atoms with Gasteiger partial charge in [-0.1, -0.05) is 20.8 Å². The van der Waals surface area contributed by atoms with E-state index in [0.717, 1.165) is 37.6 Å². The van der Waals surface area contributed by atoms with Gasteiger partial charge in [0.05, 0.1) is 25.0 Å². The van der Waals surface area contributed by atoms with Gasteiger partial charge in [0.2, 0.25) is 0 Å². The van der Waals surface area contributed by atoms with Gasteiger partial charge in [-0.25, -0.2) is 0 Å². The zero-order valence-electron chi connectivity index (χ0n) is 14.3. The van der Waals surface area contributed by atoms with Crippen LogP contribution < -0.4 is 5.32 Å². The zero-order chi connectivity index (χ0) is 16.2. The largest absolute Gasteiger partial charge is 0.388 e. The maximum atomic E-state index is 10.6. The molecular formula is C16H30N4O2. The van der Waals surface area contributed by atoms with Crippen LogP contribution in [0.25, 0.3) is 0 Å². The molecule has 126 valence electrons. The molecule has 1 aromatic rings. The van der Waals surface area contributed by atoms with Crippen LogP contribution in [-0.4, -0.2) is 65.2 Å². The molecule has 0 aromatic carbocycles. The maximum absolute atomic E-state index is 10.6. The molecule has 1 atom stereocenters. The summed E-state index contributed by atoms with van der Waals surface area (Å²) in [6.07, 6.45) is 1.87. The molecule has 1 saturated heterocycles. The molecule has 1 aliphatic heterocycles. The zero-order valence-corrected chi connectivity index (χ0v) is 14.3. The highest BCUT2D eigenvalue weighted by Gasteiger charge is 2.25. The molecule has 1 unspecified atom stereocenters. The summed E-state index contributed by atoms with van der Waals surface area (Å²) in [5.41, 5.74) is 1.61. The van der Waals surface area contributed by atoms with Crippen molar-refractivity contribution >= 4 is 0 Å². The van der Waals surface area contributed by atoms with E-state index >= 15 is 0 Å². The van der Waals surface area contributed by atoms with Gasteiger partial charge in [0.25, 0.3) is 0 Å². The predicted molar refractivity (Wildman–Crippen MR) is 86.9 cm³/mol. The molecule has 3 N–H and O–H groups in total. The fraction of sp³-hybridized carbons (Fsp3) is 0.812. The van der Waals surface area contributed by atoms with Crippen molar-refractivity contribution in [2.75, 3.05) is 39.4 Å². The molecule has 0 bridgehead atoms. The fourth-order valence-electron chi connectivity index (χ4n) is 2.86. The molecule has 0 spiro atoms. The van der Waals surface area contributed by atoms with E-state index in [1.165, 1.54) is 0 Å². The van der Waals surface area contributed by atoms with Crippen LogP contribution in [-0.2, 0) is 16.7 Å². The molecule has 1 aliphatic rings. The standard InChI is InChI=1S/C16H30N4O2/c1-15(2,3)14-13(10-18-19-14)9-17-11-16(4,21)12-20-5-7-22-8-6-20/h10,17,21H,5-9,11-12H2,1-4H3,(H,18,19). The molecule has 2 rings (SSSR count). The first kappa shape index (κ1) is 17.4. The van der Waals surface area contributed by atoms with Crippen molar-refractivity contribution in [3.8, 4) is 0 Å². The number of ether oxygens (including phenoxy) is 1. The third-order valence-electron chi connectivity index (χ3n) is 3.96. The number of aromatic amines is 1. The number of aliphatic hydroxyl groups is 1. The predicted octanol–water partition coefficient (Wildman–Crippen LogP) is 0.880. The van der Waals surface area contributed by atoms with Crippen LogP contribution >= 0.6 is 0 Å². The lowest BCUT2D eigenvalue weighted by atomic mass is 9.89. The Morgan fingerprint density at radius 3 is 2.64 bits per heavy atom. The van der Waals surface area contributed by atoms with Gasteiger partial charge in [-0.2, -0.15) is 5.10 Å². The second-order valence-electron chi connectivity index (χ2n) is 7.51. The minimum Gasteiger partial charge on any atom is -0.388 e. The molecule has 1 fully saturated rings. The van der Waals surface area contributed by atoms with Crippen LogP contribution in [0.3, 0.4) is 0 Å². The number of hydrogen-bond donors (Lipinski definition) is 3. The number of nitrogens with zero attached hydrogens (tertiary/aromatic N) is 2. The van der Waals surface area contributed by atoms with Crippen LogP contribution in [0, 0.1) is 0 Å². The molecule has 0 saturated carbocycles. The van der Waals surface area contributed by atoms with Gasteiger partial charge in [-0.3, -0.25) is 10.00 Å². The SMILES string of the molecule is CC(O)(CNCc1cn[nH]c1C(C)(C)C)CN1CCOCC1. The molecule has 0 amide bonds. The van der Waals surface area contributed by atoms with Crippen molar-refractivity contribution in [1.82, 2.24) is 20.4 Å². The molecular weight excluding hydrogens is 280 g/mol. The number of nitrogens with one attached hydrogen (secondary N) is 2. The van der Waals surface area contributed by atoms with E-state index in [4.69, 9.17) is 4.74 Å². The van der Waals surface area contributed by atoms with Gasteiger partial charge < -0.3 is 15.2 Å². The lowest BCUT2D eigenvalue weighted by Gasteiger charge is -2.34. The van der Waals surface area contributed by atoms with Crippen LogP contribution in [0.4, 0.5) is 0 Å². The summed E-state index contributed by atoms with van der Waals surface area (Å²) in [6.45, 7) is 13.6. The Labute approximate surface area is 133 Å². The van der Waals surface area contributed by atoms with E-state index in [9.17, 15) is 5.11 Å². The fourth-order valence-corrected chi connectivity index (χ4v) is 2.86. The summed E-state index contributed by atoms with van der Waals surface area (Å²) < 4.78 is 5.34. The van der Waals surface area contributed by atoms with Crippen LogP contribution in [0.2, 0.25) is 0 Å². The normalized spacial score (nSPS) is 20.0. The first-order chi connectivity index (χ1) is 10.3. The van der Waals surface area contributed by atoms with E-state index in [2.05, 4.69) is 41.2 Å². The second-order valence-corrected chi connectivity index (χ2v) is 7.51. The summed E-state index contributed by atoms with van der Waals surface area (Å²) >= 11 is 0. The number of hydrogen-bond acceptors (Lipinski definition) is 5. The van der Waals surface area contributed by atoms with Crippen molar-refractivity contribution in [3.63, 3.8) is 0 Å². The maximum Gasteiger partial charge on any atom is 0.0869 e. The van der Waals surface area contributed by atoms with E-state index in [1.807, 2.05) is 13.1 Å². The number of aromatic nitrogens is 2. The Kier molecular flexibility index (Phi) is 5.60. The first-order valence-corrected chi connectivity index (χ1v) is 8.04. The third-order valence-corrected chi connectivity index (χ3v) is 3.96. The third kappa shape index (κ3) is 5.05. The average molecular weight is 310 g/mol. The summed E-state index contributed by atoms with van der Waals surface area (Å²) in [7, 11) is 0. The molecule has 0 radical (unpaired) electrons. The minimum absolute atomic E-state index is 0.0455. The quantitative estimate of drug-likeness (QED) is 0.727. The lowest BCUT2D eigenvalue weighted by molar-refractivity contribution is -0.0219. The summed E-state index contributed by atoms with van der Waals surface area (Å²) in [5, 5.41) is 21.2. The average Bonchev–Trinajstić information content (AvgIpc) is 2.87. The van der Waals surface area contributed by atoms with Gasteiger partial charge in [0, 0.05) is 49.4 Å². The number of H-pyrrole nitrogens is 1. The Hall–Kier alpha value is -0.950. The highest BCUT2D eigenvalue weighted by atomic mass is 16.5. The van der Waals surface area contributed by atoms with Crippen LogP contribution in [0.15, 0.2) is 6.20 Å². The van der Waals surface area contributed by atoms with E-state index in [0.29, 0.717) is 19.6 Å².